The van der Waals surface area contributed by atoms with Gasteiger partial charge in [0.25, 0.3) is 0 Å². The molecular weight excluding hydrogens is 186 g/mol. The predicted molar refractivity (Wildman–Crippen MR) is 66.0 cm³/mol. The molecule has 0 fully saturated rings. The predicted octanol–water partition coefficient (Wildman–Crippen LogP) is 2.65. The third-order valence-corrected chi connectivity index (χ3v) is 2.32. The molecule has 2 N–H and O–H groups in total. The average Bonchev–Trinajstić information content (AvgIpc) is 2.18. The first kappa shape index (κ1) is 11.7. The van der Waals surface area contributed by atoms with E-state index in [2.05, 4.69) is 23.8 Å². The molecule has 15 heavy (non-hydrogen) atoms. The van der Waals surface area contributed by atoms with Crippen LogP contribution < -0.4 is 5.73 Å². The van der Waals surface area contributed by atoms with E-state index in [4.69, 9.17) is 5.73 Å². The van der Waals surface area contributed by atoms with Crippen molar-refractivity contribution >= 4 is 12.1 Å². The number of aliphatic imine (C=N–C) groups is 2. The summed E-state index contributed by atoms with van der Waals surface area (Å²) in [6.07, 6.45) is 7.43. The average molecular weight is 205 g/mol. The molecule has 0 amide bonds. The Labute approximate surface area is 91.5 Å². The lowest BCUT2D eigenvalue weighted by atomic mass is 9.98. The van der Waals surface area contributed by atoms with Crippen LogP contribution in [0.4, 0.5) is 0 Å². The van der Waals surface area contributed by atoms with Crippen molar-refractivity contribution in [2.75, 3.05) is 0 Å². The molecule has 0 unspecified atom stereocenters. The molecule has 3 nitrogen and oxygen atoms in total. The molecule has 0 aromatic heterocycles. The zero-order valence-corrected chi connectivity index (χ0v) is 9.70. The molecule has 1 rings (SSSR count). The van der Waals surface area contributed by atoms with Crippen LogP contribution in [-0.2, 0) is 0 Å². The minimum absolute atomic E-state index is 0.588. The van der Waals surface area contributed by atoms with Crippen LogP contribution in [0.2, 0.25) is 0 Å². The summed E-state index contributed by atoms with van der Waals surface area (Å²) in [6.45, 7) is 6.22. The van der Waals surface area contributed by atoms with Crippen molar-refractivity contribution in [1.82, 2.24) is 0 Å². The summed E-state index contributed by atoms with van der Waals surface area (Å²) in [5.41, 5.74) is 7.65. The summed E-state index contributed by atoms with van der Waals surface area (Å²) in [5, 5.41) is 0. The van der Waals surface area contributed by atoms with E-state index in [1.54, 1.807) is 12.3 Å². The van der Waals surface area contributed by atoms with Crippen molar-refractivity contribution in [3.8, 4) is 0 Å². The van der Waals surface area contributed by atoms with Crippen molar-refractivity contribution in [3.05, 3.63) is 23.5 Å². The van der Waals surface area contributed by atoms with E-state index >= 15 is 0 Å². The van der Waals surface area contributed by atoms with E-state index in [-0.39, 0.29) is 0 Å². The molecule has 0 spiro atoms. The third-order valence-electron chi connectivity index (χ3n) is 2.32. The van der Waals surface area contributed by atoms with Crippen LogP contribution in [-0.4, -0.2) is 12.1 Å². The number of allylic oxidation sites excluding steroid dienone is 3. The maximum Gasteiger partial charge on any atom is 0.128 e. The van der Waals surface area contributed by atoms with E-state index in [1.165, 1.54) is 5.57 Å². The summed E-state index contributed by atoms with van der Waals surface area (Å²) < 4.78 is 0. The Morgan fingerprint density at radius 3 is 2.73 bits per heavy atom. The standard InChI is InChI=1S/C12H19N3/c1-9(2)11-4-5-12(15-8-11)14-7-6-10(3)13/h6-9H,4-5,13H2,1-3H3. The molecule has 1 heterocycles. The van der Waals surface area contributed by atoms with Gasteiger partial charge in [-0.05, 0) is 30.9 Å². The molecular formula is C12H19N3. The highest BCUT2D eigenvalue weighted by molar-refractivity contribution is 5.93. The number of rotatable bonds is 2. The minimum Gasteiger partial charge on any atom is -0.402 e. The second kappa shape index (κ2) is 5.49. The SMILES string of the molecule is CC(N)=CC=NC1=NC=C(C(C)C)CC1. The number of hydrogen-bond acceptors (Lipinski definition) is 3. The minimum atomic E-state index is 0.588. The van der Waals surface area contributed by atoms with Crippen molar-refractivity contribution in [3.63, 3.8) is 0 Å². The van der Waals surface area contributed by atoms with Crippen molar-refractivity contribution < 1.29 is 0 Å². The first-order valence-electron chi connectivity index (χ1n) is 5.31. The molecule has 0 saturated carbocycles. The topological polar surface area (TPSA) is 50.7 Å². The van der Waals surface area contributed by atoms with Crippen LogP contribution in [0.25, 0.3) is 0 Å². The van der Waals surface area contributed by atoms with Gasteiger partial charge in [-0.15, -0.1) is 0 Å². The highest BCUT2D eigenvalue weighted by Crippen LogP contribution is 2.20. The van der Waals surface area contributed by atoms with Gasteiger partial charge in [-0.2, -0.15) is 0 Å². The Kier molecular flexibility index (Phi) is 4.28. The molecule has 0 aromatic carbocycles. The lowest BCUT2D eigenvalue weighted by Gasteiger charge is -2.13. The Bertz CT molecular complexity index is 329. The van der Waals surface area contributed by atoms with Gasteiger partial charge in [0, 0.05) is 24.5 Å². The van der Waals surface area contributed by atoms with Gasteiger partial charge in [0.15, 0.2) is 0 Å². The largest absolute Gasteiger partial charge is 0.402 e. The van der Waals surface area contributed by atoms with Gasteiger partial charge in [-0.1, -0.05) is 13.8 Å². The van der Waals surface area contributed by atoms with E-state index in [0.717, 1.165) is 24.4 Å². The lowest BCUT2D eigenvalue weighted by Crippen LogP contribution is -2.04. The van der Waals surface area contributed by atoms with Gasteiger partial charge in [-0.3, -0.25) is 0 Å². The summed E-state index contributed by atoms with van der Waals surface area (Å²) in [5.74, 6) is 1.47. The van der Waals surface area contributed by atoms with Crippen molar-refractivity contribution in [2.45, 2.75) is 33.6 Å². The van der Waals surface area contributed by atoms with Crippen molar-refractivity contribution in [1.29, 1.82) is 0 Å². The van der Waals surface area contributed by atoms with E-state index < -0.39 is 0 Å². The fourth-order valence-corrected chi connectivity index (χ4v) is 1.32. The fraction of sp³-hybridized carbons (Fsp3) is 0.500. The van der Waals surface area contributed by atoms with Crippen LogP contribution in [0.3, 0.4) is 0 Å². The lowest BCUT2D eigenvalue weighted by molar-refractivity contribution is 0.709. The van der Waals surface area contributed by atoms with Crippen LogP contribution in [0, 0.1) is 5.92 Å². The molecule has 0 saturated heterocycles. The normalized spacial score (nSPS) is 18.3. The fourth-order valence-electron chi connectivity index (χ4n) is 1.32. The molecule has 82 valence electrons. The summed E-state index contributed by atoms with van der Waals surface area (Å²) in [4.78, 5) is 8.56. The van der Waals surface area contributed by atoms with Crippen LogP contribution in [0.15, 0.2) is 33.5 Å². The number of amidine groups is 1. The Morgan fingerprint density at radius 1 is 1.53 bits per heavy atom. The second-order valence-electron chi connectivity index (χ2n) is 4.09. The third kappa shape index (κ3) is 4.11. The first-order chi connectivity index (χ1) is 7.09. The van der Waals surface area contributed by atoms with Gasteiger partial charge in [0.2, 0.25) is 0 Å². The summed E-state index contributed by atoms with van der Waals surface area (Å²) in [6, 6.07) is 0. The monoisotopic (exact) mass is 205 g/mol. The Balaban J connectivity index is 2.61. The molecule has 0 radical (unpaired) electrons. The van der Waals surface area contributed by atoms with Gasteiger partial charge in [0.1, 0.15) is 5.84 Å². The smallest absolute Gasteiger partial charge is 0.128 e. The van der Waals surface area contributed by atoms with Crippen LogP contribution in [0.1, 0.15) is 33.6 Å². The molecule has 0 atom stereocenters. The summed E-state index contributed by atoms with van der Waals surface area (Å²) >= 11 is 0. The van der Waals surface area contributed by atoms with Gasteiger partial charge in [0.05, 0.1) is 0 Å². The summed E-state index contributed by atoms with van der Waals surface area (Å²) in [7, 11) is 0. The quantitative estimate of drug-likeness (QED) is 0.692. The second-order valence-corrected chi connectivity index (χ2v) is 4.09. The number of nitrogens with two attached hydrogens (primary N) is 1. The number of nitrogens with zero attached hydrogens (tertiary/aromatic N) is 2. The van der Waals surface area contributed by atoms with Crippen LogP contribution >= 0.6 is 0 Å². The molecule has 1 aliphatic heterocycles. The van der Waals surface area contributed by atoms with Crippen molar-refractivity contribution in [2.24, 2.45) is 21.6 Å². The highest BCUT2D eigenvalue weighted by Gasteiger charge is 2.09. The maximum absolute atomic E-state index is 5.49. The van der Waals surface area contributed by atoms with E-state index in [1.807, 2.05) is 13.1 Å². The Hall–Kier alpha value is -1.38. The van der Waals surface area contributed by atoms with Gasteiger partial charge in [-0.25, -0.2) is 9.98 Å². The van der Waals surface area contributed by atoms with Gasteiger partial charge >= 0.3 is 0 Å². The molecule has 1 aliphatic rings. The van der Waals surface area contributed by atoms with Crippen LogP contribution in [0.5, 0.6) is 0 Å². The van der Waals surface area contributed by atoms with Gasteiger partial charge < -0.3 is 5.73 Å². The molecule has 3 heteroatoms. The number of hydrogen-bond donors (Lipinski definition) is 1. The Morgan fingerprint density at radius 2 is 2.27 bits per heavy atom. The van der Waals surface area contributed by atoms with E-state index in [0.29, 0.717) is 5.92 Å². The zero-order chi connectivity index (χ0) is 11.3. The molecule has 0 aliphatic carbocycles. The first-order valence-corrected chi connectivity index (χ1v) is 5.31. The molecule has 0 bridgehead atoms. The zero-order valence-electron chi connectivity index (χ0n) is 9.70. The molecule has 0 aromatic rings. The maximum atomic E-state index is 5.49. The highest BCUT2D eigenvalue weighted by atomic mass is 14.9. The van der Waals surface area contributed by atoms with E-state index in [9.17, 15) is 0 Å².